The van der Waals surface area contributed by atoms with Crippen molar-refractivity contribution in [1.29, 1.82) is 0 Å². The maximum absolute atomic E-state index is 13.0. The predicted molar refractivity (Wildman–Crippen MR) is 88.9 cm³/mol. The van der Waals surface area contributed by atoms with E-state index in [0.717, 1.165) is 0 Å². The molecule has 1 heterocycles. The molecule has 0 aromatic heterocycles. The molecule has 0 aliphatic carbocycles. The minimum Gasteiger partial charge on any atom is -0.292 e. The Labute approximate surface area is 136 Å². The number of rotatable bonds is 4. The first kappa shape index (κ1) is 15.9. The predicted octanol–water partition coefficient (Wildman–Crippen LogP) is 3.03. The maximum Gasteiger partial charge on any atom is 0.244 e. The van der Waals surface area contributed by atoms with E-state index >= 15 is 0 Å². The number of nitrogens with zero attached hydrogens (tertiary/aromatic N) is 1. The van der Waals surface area contributed by atoms with Crippen LogP contribution < -0.4 is 0 Å². The topological polar surface area (TPSA) is 54.5 Å². The molecule has 3 rings (SSSR count). The number of ketones is 1. The molecule has 0 spiro atoms. The van der Waals surface area contributed by atoms with Gasteiger partial charge in [0, 0.05) is 12.1 Å². The van der Waals surface area contributed by atoms with Gasteiger partial charge >= 0.3 is 0 Å². The van der Waals surface area contributed by atoms with Gasteiger partial charge in [-0.25, -0.2) is 8.42 Å². The van der Waals surface area contributed by atoms with Crippen LogP contribution in [0, 0.1) is 6.92 Å². The molecule has 0 bridgehead atoms. The highest BCUT2D eigenvalue weighted by atomic mass is 32.2. The van der Waals surface area contributed by atoms with Crippen molar-refractivity contribution in [2.24, 2.45) is 0 Å². The lowest BCUT2D eigenvalue weighted by Gasteiger charge is -2.24. The molecule has 1 saturated heterocycles. The first-order chi connectivity index (χ1) is 11.0. The molecule has 1 unspecified atom stereocenters. The van der Waals surface area contributed by atoms with E-state index in [4.69, 9.17) is 0 Å². The third-order valence-electron chi connectivity index (χ3n) is 4.24. The summed E-state index contributed by atoms with van der Waals surface area (Å²) >= 11 is 0. The third-order valence-corrected chi connectivity index (χ3v) is 6.31. The van der Waals surface area contributed by atoms with Gasteiger partial charge < -0.3 is 0 Å². The summed E-state index contributed by atoms with van der Waals surface area (Å²) in [4.78, 5) is 13.0. The van der Waals surface area contributed by atoms with Gasteiger partial charge in [0.15, 0.2) is 5.78 Å². The molecule has 4 nitrogen and oxygen atoms in total. The monoisotopic (exact) mass is 329 g/mol. The summed E-state index contributed by atoms with van der Waals surface area (Å²) < 4.78 is 27.3. The first-order valence-electron chi connectivity index (χ1n) is 7.68. The standard InChI is InChI=1S/C18H19NO3S/c1-14-8-5-6-12-17(14)23(21,22)19-13-7-11-16(19)18(20)15-9-3-2-4-10-15/h2-6,8-10,12,16H,7,11,13H2,1H3. The van der Waals surface area contributed by atoms with Gasteiger partial charge in [-0.2, -0.15) is 4.31 Å². The summed E-state index contributed by atoms with van der Waals surface area (Å²) in [5, 5.41) is 0. The zero-order chi connectivity index (χ0) is 16.4. The molecule has 1 aliphatic heterocycles. The highest BCUT2D eigenvalue weighted by Crippen LogP contribution is 2.29. The lowest BCUT2D eigenvalue weighted by Crippen LogP contribution is -2.40. The largest absolute Gasteiger partial charge is 0.292 e. The van der Waals surface area contributed by atoms with Gasteiger partial charge in [0.05, 0.1) is 10.9 Å². The van der Waals surface area contributed by atoms with Gasteiger partial charge in [-0.05, 0) is 31.4 Å². The van der Waals surface area contributed by atoms with Crippen molar-refractivity contribution in [2.45, 2.75) is 30.7 Å². The lowest BCUT2D eigenvalue weighted by atomic mass is 10.0. The summed E-state index contributed by atoms with van der Waals surface area (Å²) in [6, 6.07) is 15.2. The van der Waals surface area contributed by atoms with Gasteiger partial charge in [0.2, 0.25) is 10.0 Å². The second-order valence-corrected chi connectivity index (χ2v) is 7.63. The maximum atomic E-state index is 13.0. The van der Waals surface area contributed by atoms with Gasteiger partial charge in [-0.15, -0.1) is 0 Å². The molecule has 0 saturated carbocycles. The van der Waals surface area contributed by atoms with E-state index in [9.17, 15) is 13.2 Å². The van der Waals surface area contributed by atoms with Crippen molar-refractivity contribution < 1.29 is 13.2 Å². The number of aryl methyl sites for hydroxylation is 1. The van der Waals surface area contributed by atoms with Crippen molar-refractivity contribution >= 4 is 15.8 Å². The van der Waals surface area contributed by atoms with Crippen molar-refractivity contribution in [3.63, 3.8) is 0 Å². The lowest BCUT2D eigenvalue weighted by molar-refractivity contribution is 0.0918. The normalized spacial score (nSPS) is 18.9. The van der Waals surface area contributed by atoms with Crippen molar-refractivity contribution in [1.82, 2.24) is 4.31 Å². The number of benzene rings is 2. The van der Waals surface area contributed by atoms with Crippen LogP contribution in [0.15, 0.2) is 59.5 Å². The fourth-order valence-electron chi connectivity index (χ4n) is 3.06. The van der Waals surface area contributed by atoms with E-state index in [0.29, 0.717) is 30.5 Å². The molecule has 2 aromatic carbocycles. The average Bonchev–Trinajstić information content (AvgIpc) is 3.05. The van der Waals surface area contributed by atoms with Crippen molar-refractivity contribution in [3.8, 4) is 0 Å². The summed E-state index contributed by atoms with van der Waals surface area (Å²) in [7, 11) is -3.66. The molecule has 1 atom stereocenters. The summed E-state index contributed by atoms with van der Waals surface area (Å²) in [5.74, 6) is -0.125. The molecule has 0 radical (unpaired) electrons. The van der Waals surface area contributed by atoms with Crippen LogP contribution in [0.5, 0.6) is 0 Å². The minimum atomic E-state index is -3.66. The Morgan fingerprint density at radius 1 is 1.04 bits per heavy atom. The van der Waals surface area contributed by atoms with Crippen LogP contribution in [0.1, 0.15) is 28.8 Å². The molecular weight excluding hydrogens is 310 g/mol. The van der Waals surface area contributed by atoms with Gasteiger partial charge in [0.1, 0.15) is 0 Å². The van der Waals surface area contributed by atoms with Crippen LogP contribution in [-0.4, -0.2) is 31.1 Å². The molecule has 1 fully saturated rings. The summed E-state index contributed by atoms with van der Waals surface area (Å²) in [6.07, 6.45) is 1.27. The van der Waals surface area contributed by atoms with Crippen LogP contribution >= 0.6 is 0 Å². The Kier molecular flexibility index (Phi) is 4.33. The van der Waals surface area contributed by atoms with Crippen LogP contribution in [0.4, 0.5) is 0 Å². The van der Waals surface area contributed by atoms with E-state index in [1.807, 2.05) is 12.1 Å². The van der Waals surface area contributed by atoms with Crippen LogP contribution in [-0.2, 0) is 10.0 Å². The smallest absolute Gasteiger partial charge is 0.244 e. The van der Waals surface area contributed by atoms with Crippen molar-refractivity contribution in [3.05, 3.63) is 65.7 Å². The average molecular weight is 329 g/mol. The number of hydrogen-bond donors (Lipinski definition) is 0. The molecule has 23 heavy (non-hydrogen) atoms. The fourth-order valence-corrected chi connectivity index (χ4v) is 4.94. The second kappa shape index (κ2) is 6.26. The van der Waals surface area contributed by atoms with E-state index in [1.165, 1.54) is 4.31 Å². The Bertz CT molecular complexity index is 815. The third kappa shape index (κ3) is 2.94. The van der Waals surface area contributed by atoms with E-state index < -0.39 is 16.1 Å². The molecular formula is C18H19NO3S. The number of hydrogen-bond acceptors (Lipinski definition) is 3. The second-order valence-electron chi connectivity index (χ2n) is 5.77. The molecule has 1 aliphatic rings. The van der Waals surface area contributed by atoms with Gasteiger partial charge in [-0.1, -0.05) is 48.5 Å². The number of carbonyl (C=O) groups excluding carboxylic acids is 1. The molecule has 5 heteroatoms. The van der Waals surface area contributed by atoms with Gasteiger partial charge in [-0.3, -0.25) is 4.79 Å². The van der Waals surface area contributed by atoms with Crippen LogP contribution in [0.25, 0.3) is 0 Å². The highest BCUT2D eigenvalue weighted by Gasteiger charge is 2.39. The zero-order valence-corrected chi connectivity index (χ0v) is 13.8. The van der Waals surface area contributed by atoms with Crippen LogP contribution in [0.2, 0.25) is 0 Å². The van der Waals surface area contributed by atoms with Gasteiger partial charge in [0.25, 0.3) is 0 Å². The highest BCUT2D eigenvalue weighted by molar-refractivity contribution is 7.89. The molecule has 120 valence electrons. The van der Waals surface area contributed by atoms with Crippen LogP contribution in [0.3, 0.4) is 0 Å². The van der Waals surface area contributed by atoms with E-state index in [1.54, 1.807) is 49.4 Å². The fraction of sp³-hybridized carbons (Fsp3) is 0.278. The Morgan fingerprint density at radius 2 is 1.70 bits per heavy atom. The molecule has 0 N–H and O–H groups in total. The number of sulfonamides is 1. The SMILES string of the molecule is Cc1ccccc1S(=O)(=O)N1CCCC1C(=O)c1ccccc1. The summed E-state index contributed by atoms with van der Waals surface area (Å²) in [5.41, 5.74) is 1.26. The molecule has 0 amide bonds. The Balaban J connectivity index is 1.96. The van der Waals surface area contributed by atoms with E-state index in [-0.39, 0.29) is 10.7 Å². The first-order valence-corrected chi connectivity index (χ1v) is 9.12. The quantitative estimate of drug-likeness (QED) is 0.810. The van der Waals surface area contributed by atoms with E-state index in [2.05, 4.69) is 0 Å². The van der Waals surface area contributed by atoms with Crippen molar-refractivity contribution in [2.75, 3.05) is 6.54 Å². The zero-order valence-electron chi connectivity index (χ0n) is 13.0. The minimum absolute atomic E-state index is 0.125. The number of Topliss-reactive ketones (excluding diaryl/α,β-unsaturated/α-hetero) is 1. The summed E-state index contributed by atoms with van der Waals surface area (Å²) in [6.45, 7) is 2.16. The Morgan fingerprint density at radius 3 is 2.39 bits per heavy atom. The Hall–Kier alpha value is -1.98. The molecule has 2 aromatic rings. The number of carbonyl (C=O) groups is 1.